The molecule has 0 N–H and O–H groups in total. The highest BCUT2D eigenvalue weighted by molar-refractivity contribution is 8.01. The van der Waals surface area contributed by atoms with Crippen molar-refractivity contribution in [3.05, 3.63) is 18.5 Å². The second kappa shape index (κ2) is 6.56. The van der Waals surface area contributed by atoms with Crippen LogP contribution in [0.2, 0.25) is 0 Å². The van der Waals surface area contributed by atoms with E-state index in [1.807, 2.05) is 0 Å². The molecule has 76 valence electrons. The summed E-state index contributed by atoms with van der Waals surface area (Å²) < 4.78 is 9.48. The van der Waals surface area contributed by atoms with E-state index in [9.17, 15) is 4.79 Å². The molecular formula is C8H10N2O2S2. The fourth-order valence-corrected chi connectivity index (χ4v) is 1.96. The Labute approximate surface area is 90.6 Å². The molecule has 0 aliphatic rings. The molecule has 14 heavy (non-hydrogen) atoms. The van der Waals surface area contributed by atoms with Crippen molar-refractivity contribution < 1.29 is 9.53 Å². The van der Waals surface area contributed by atoms with Gasteiger partial charge in [-0.15, -0.1) is 0 Å². The van der Waals surface area contributed by atoms with Crippen LogP contribution in [0.3, 0.4) is 0 Å². The van der Waals surface area contributed by atoms with Crippen molar-refractivity contribution in [3.63, 3.8) is 0 Å². The fourth-order valence-electron chi connectivity index (χ4n) is 0.681. The molecule has 0 unspecified atom stereocenters. The Hall–Kier alpha value is -0.880. The number of esters is 1. The average Bonchev–Trinajstić information content (AvgIpc) is 2.65. The Bertz CT molecular complexity index is 298. The highest BCUT2D eigenvalue weighted by Gasteiger charge is 1.95. The van der Waals surface area contributed by atoms with Gasteiger partial charge in [-0.05, 0) is 18.5 Å². The molecular weight excluding hydrogens is 220 g/mol. The first-order valence-corrected chi connectivity index (χ1v) is 5.81. The van der Waals surface area contributed by atoms with Crippen LogP contribution in [0.5, 0.6) is 0 Å². The predicted molar refractivity (Wildman–Crippen MR) is 56.4 cm³/mol. The first-order chi connectivity index (χ1) is 6.83. The summed E-state index contributed by atoms with van der Waals surface area (Å²) in [6.45, 7) is 2.19. The van der Waals surface area contributed by atoms with Gasteiger partial charge in [-0.3, -0.25) is 0 Å². The van der Waals surface area contributed by atoms with Crippen LogP contribution in [0.1, 0.15) is 6.92 Å². The number of nitrogens with zero attached hydrogens (tertiary/aromatic N) is 2. The van der Waals surface area contributed by atoms with Crippen molar-refractivity contribution in [1.82, 2.24) is 9.36 Å². The number of hydrogen-bond acceptors (Lipinski definition) is 6. The fraction of sp³-hybridized carbons (Fsp3) is 0.375. The summed E-state index contributed by atoms with van der Waals surface area (Å²) >= 11 is 2.88. The lowest BCUT2D eigenvalue weighted by molar-refractivity contribution is -0.137. The highest BCUT2D eigenvalue weighted by Crippen LogP contribution is 2.17. The predicted octanol–water partition coefficient (Wildman–Crippen LogP) is 1.75. The Morgan fingerprint density at radius 2 is 2.64 bits per heavy atom. The van der Waals surface area contributed by atoms with E-state index in [2.05, 4.69) is 9.36 Å². The third-order valence-electron chi connectivity index (χ3n) is 1.18. The van der Waals surface area contributed by atoms with Crippen molar-refractivity contribution in [2.45, 2.75) is 11.3 Å². The topological polar surface area (TPSA) is 52.1 Å². The molecule has 0 aromatic carbocycles. The van der Waals surface area contributed by atoms with E-state index in [4.69, 9.17) is 4.74 Å². The lowest BCUT2D eigenvalue weighted by Gasteiger charge is -1.93. The maximum atomic E-state index is 10.9. The maximum absolute atomic E-state index is 10.9. The van der Waals surface area contributed by atoms with Crippen molar-refractivity contribution in [2.24, 2.45) is 0 Å². The Morgan fingerprint density at radius 1 is 1.79 bits per heavy atom. The molecule has 1 aromatic heterocycles. The van der Waals surface area contributed by atoms with Crippen LogP contribution >= 0.6 is 23.3 Å². The van der Waals surface area contributed by atoms with Crippen LogP contribution in [0.15, 0.2) is 22.8 Å². The van der Waals surface area contributed by atoms with Gasteiger partial charge in [0.1, 0.15) is 6.33 Å². The third-order valence-corrected chi connectivity index (χ3v) is 2.93. The molecule has 0 amide bonds. The van der Waals surface area contributed by atoms with Gasteiger partial charge in [-0.2, -0.15) is 4.37 Å². The van der Waals surface area contributed by atoms with Crippen LogP contribution in [-0.2, 0) is 9.53 Å². The summed E-state index contributed by atoms with van der Waals surface area (Å²) in [5, 5.41) is 0. The molecule has 0 spiro atoms. The van der Waals surface area contributed by atoms with E-state index in [0.717, 1.165) is 4.34 Å². The van der Waals surface area contributed by atoms with Gasteiger partial charge in [0, 0.05) is 11.8 Å². The summed E-state index contributed by atoms with van der Waals surface area (Å²) in [7, 11) is 0. The van der Waals surface area contributed by atoms with Crippen molar-refractivity contribution >= 4 is 29.3 Å². The van der Waals surface area contributed by atoms with Gasteiger partial charge in [0.05, 0.1) is 6.61 Å². The normalized spacial score (nSPS) is 10.6. The number of aromatic nitrogens is 2. The number of ether oxygens (including phenoxy) is 1. The molecule has 0 atom stereocenters. The second-order valence-corrected chi connectivity index (χ2v) is 4.22. The summed E-state index contributed by atoms with van der Waals surface area (Å²) in [4.78, 5) is 14.9. The molecule has 1 aromatic rings. The monoisotopic (exact) mass is 230 g/mol. The van der Waals surface area contributed by atoms with Gasteiger partial charge in [0.25, 0.3) is 0 Å². The van der Waals surface area contributed by atoms with E-state index in [-0.39, 0.29) is 5.97 Å². The van der Waals surface area contributed by atoms with Crippen LogP contribution in [0.25, 0.3) is 0 Å². The molecule has 4 nitrogen and oxygen atoms in total. The van der Waals surface area contributed by atoms with Crippen molar-refractivity contribution in [1.29, 1.82) is 0 Å². The van der Waals surface area contributed by atoms with Gasteiger partial charge in [-0.25, -0.2) is 9.78 Å². The molecule has 0 bridgehead atoms. The van der Waals surface area contributed by atoms with Gasteiger partial charge in [0.2, 0.25) is 0 Å². The zero-order valence-corrected chi connectivity index (χ0v) is 9.31. The lowest BCUT2D eigenvalue weighted by Crippen LogP contribution is -1.98. The zero-order valence-electron chi connectivity index (χ0n) is 7.67. The standard InChI is InChI=1S/C8H10N2O2S2/c1-2-12-7(11)4-3-5-13-8-9-6-10-14-8/h3-4,6H,2,5H2,1H3/b4-3+. The zero-order chi connectivity index (χ0) is 10.2. The third kappa shape index (κ3) is 4.38. The van der Waals surface area contributed by atoms with Crippen LogP contribution in [0.4, 0.5) is 0 Å². The minimum absolute atomic E-state index is 0.301. The van der Waals surface area contributed by atoms with Crippen LogP contribution in [-0.4, -0.2) is 27.7 Å². The number of carbonyl (C=O) groups excluding carboxylic acids is 1. The number of rotatable bonds is 5. The molecule has 0 saturated heterocycles. The first-order valence-electron chi connectivity index (χ1n) is 4.05. The van der Waals surface area contributed by atoms with E-state index in [1.54, 1.807) is 13.0 Å². The molecule has 0 radical (unpaired) electrons. The van der Waals surface area contributed by atoms with Gasteiger partial charge in [-0.1, -0.05) is 17.8 Å². The molecule has 0 aliphatic heterocycles. The van der Waals surface area contributed by atoms with Crippen LogP contribution < -0.4 is 0 Å². The Morgan fingerprint density at radius 3 is 3.29 bits per heavy atom. The largest absolute Gasteiger partial charge is 0.463 e. The van der Waals surface area contributed by atoms with E-state index >= 15 is 0 Å². The number of thioether (sulfide) groups is 1. The SMILES string of the molecule is CCOC(=O)/C=C/CSc1ncns1. The first kappa shape index (κ1) is 11.2. The van der Waals surface area contributed by atoms with E-state index in [0.29, 0.717) is 12.4 Å². The molecule has 0 aliphatic carbocycles. The quantitative estimate of drug-likeness (QED) is 0.438. The summed E-state index contributed by atoms with van der Waals surface area (Å²) in [6, 6.07) is 0. The lowest BCUT2D eigenvalue weighted by atomic mass is 10.5. The summed E-state index contributed by atoms with van der Waals surface area (Å²) in [5.74, 6) is 0.402. The smallest absolute Gasteiger partial charge is 0.330 e. The van der Waals surface area contributed by atoms with Gasteiger partial charge >= 0.3 is 5.97 Å². The maximum Gasteiger partial charge on any atom is 0.330 e. The molecule has 6 heteroatoms. The molecule has 1 rings (SSSR count). The van der Waals surface area contributed by atoms with E-state index in [1.165, 1.54) is 35.7 Å². The van der Waals surface area contributed by atoms with Crippen LogP contribution in [0, 0.1) is 0 Å². The minimum atomic E-state index is -0.301. The molecule has 0 saturated carbocycles. The van der Waals surface area contributed by atoms with Gasteiger partial charge < -0.3 is 4.74 Å². The van der Waals surface area contributed by atoms with Gasteiger partial charge in [0.15, 0.2) is 4.34 Å². The summed E-state index contributed by atoms with van der Waals surface area (Å²) in [5.41, 5.74) is 0. The molecule has 0 fully saturated rings. The second-order valence-electron chi connectivity index (χ2n) is 2.17. The van der Waals surface area contributed by atoms with E-state index < -0.39 is 0 Å². The highest BCUT2D eigenvalue weighted by atomic mass is 32.2. The summed E-state index contributed by atoms with van der Waals surface area (Å²) in [6.07, 6.45) is 4.70. The average molecular weight is 230 g/mol. The number of hydrogen-bond donors (Lipinski definition) is 0. The van der Waals surface area contributed by atoms with Crippen molar-refractivity contribution in [3.8, 4) is 0 Å². The minimum Gasteiger partial charge on any atom is -0.463 e. The Balaban J connectivity index is 2.18. The molecule has 1 heterocycles. The number of carbonyl (C=O) groups is 1. The Kier molecular flexibility index (Phi) is 5.24. The van der Waals surface area contributed by atoms with Crippen molar-refractivity contribution in [2.75, 3.05) is 12.4 Å².